The molecule has 0 spiro atoms. The Bertz CT molecular complexity index is 1110. The number of rotatable bonds is 5. The van der Waals surface area contributed by atoms with Crippen molar-refractivity contribution < 1.29 is 14.4 Å². The van der Waals surface area contributed by atoms with Crippen LogP contribution in [-0.2, 0) is 11.2 Å². The third-order valence-corrected chi connectivity index (χ3v) is 5.60. The topological polar surface area (TPSA) is 66.5 Å². The maximum atomic E-state index is 13.3. The number of nitrogens with one attached hydrogen (secondary N) is 1. The summed E-state index contributed by atoms with van der Waals surface area (Å²) in [6.07, 6.45) is 0.219. The van der Waals surface area contributed by atoms with Gasteiger partial charge in [0.1, 0.15) is 6.04 Å². The van der Waals surface area contributed by atoms with E-state index in [-0.39, 0.29) is 6.42 Å². The van der Waals surface area contributed by atoms with Crippen molar-refractivity contribution in [3.05, 3.63) is 99.5 Å². The summed E-state index contributed by atoms with van der Waals surface area (Å²) in [7, 11) is 0. The average molecular weight is 463 g/mol. The summed E-state index contributed by atoms with van der Waals surface area (Å²) in [5.74, 6) is -1.30. The molecule has 1 unspecified atom stereocenters. The van der Waals surface area contributed by atoms with E-state index in [9.17, 15) is 14.4 Å². The first-order valence-electron chi connectivity index (χ1n) is 9.53. The van der Waals surface area contributed by atoms with Gasteiger partial charge < -0.3 is 5.32 Å². The molecule has 1 aliphatic rings. The van der Waals surface area contributed by atoms with E-state index in [4.69, 9.17) is 0 Å². The maximum absolute atomic E-state index is 13.3. The maximum Gasteiger partial charge on any atom is 0.262 e. The molecule has 5 nitrogen and oxygen atoms in total. The lowest BCUT2D eigenvalue weighted by molar-refractivity contribution is -0.119. The molecule has 0 saturated carbocycles. The molecule has 3 aromatic carbocycles. The fourth-order valence-corrected chi connectivity index (χ4v) is 3.85. The number of carbonyl (C=O) groups is 3. The largest absolute Gasteiger partial charge is 0.324 e. The van der Waals surface area contributed by atoms with Crippen LogP contribution in [0, 0.1) is 6.92 Å². The normalized spacial score (nSPS) is 13.9. The number of aryl methyl sites for hydroxylation is 1. The number of nitrogens with zero attached hydrogens (tertiary/aromatic N) is 1. The van der Waals surface area contributed by atoms with Crippen molar-refractivity contribution in [1.82, 2.24) is 4.90 Å². The summed E-state index contributed by atoms with van der Waals surface area (Å²) in [6.45, 7) is 1.93. The van der Waals surface area contributed by atoms with Crippen LogP contribution in [-0.4, -0.2) is 28.7 Å². The first-order chi connectivity index (χ1) is 14.4. The Hall–Kier alpha value is -3.25. The molecule has 0 saturated heterocycles. The summed E-state index contributed by atoms with van der Waals surface area (Å²) in [5.41, 5.74) is 3.12. The molecular formula is C24H19BrN2O3. The van der Waals surface area contributed by atoms with Crippen LogP contribution < -0.4 is 5.32 Å². The second-order valence-electron chi connectivity index (χ2n) is 7.23. The third-order valence-electron chi connectivity index (χ3n) is 5.07. The summed E-state index contributed by atoms with van der Waals surface area (Å²) in [6, 6.07) is 20.6. The van der Waals surface area contributed by atoms with Gasteiger partial charge in [0, 0.05) is 16.6 Å². The molecule has 3 aromatic rings. The number of amides is 3. The highest BCUT2D eigenvalue weighted by Gasteiger charge is 2.42. The van der Waals surface area contributed by atoms with E-state index < -0.39 is 23.8 Å². The van der Waals surface area contributed by atoms with E-state index in [0.29, 0.717) is 16.8 Å². The van der Waals surface area contributed by atoms with Crippen molar-refractivity contribution in [2.45, 2.75) is 19.4 Å². The van der Waals surface area contributed by atoms with Gasteiger partial charge >= 0.3 is 0 Å². The van der Waals surface area contributed by atoms with E-state index in [1.807, 2.05) is 49.4 Å². The molecule has 0 radical (unpaired) electrons. The predicted octanol–water partition coefficient (Wildman–Crippen LogP) is 4.60. The van der Waals surface area contributed by atoms with Crippen LogP contribution in [0.2, 0.25) is 0 Å². The first-order valence-corrected chi connectivity index (χ1v) is 10.3. The van der Waals surface area contributed by atoms with Crippen molar-refractivity contribution >= 4 is 39.3 Å². The zero-order valence-electron chi connectivity index (χ0n) is 16.3. The first kappa shape index (κ1) is 20.0. The second-order valence-corrected chi connectivity index (χ2v) is 8.15. The molecule has 30 heavy (non-hydrogen) atoms. The molecule has 0 bridgehead atoms. The Labute approximate surface area is 182 Å². The molecule has 1 aliphatic heterocycles. The van der Waals surface area contributed by atoms with Crippen LogP contribution in [0.25, 0.3) is 0 Å². The Morgan fingerprint density at radius 3 is 2.17 bits per heavy atom. The monoisotopic (exact) mass is 462 g/mol. The van der Waals surface area contributed by atoms with E-state index in [1.165, 1.54) is 0 Å². The zero-order valence-corrected chi connectivity index (χ0v) is 17.8. The van der Waals surface area contributed by atoms with Gasteiger partial charge in [0.15, 0.2) is 0 Å². The van der Waals surface area contributed by atoms with E-state index >= 15 is 0 Å². The Balaban J connectivity index is 1.68. The van der Waals surface area contributed by atoms with Gasteiger partial charge in [-0.2, -0.15) is 0 Å². The highest BCUT2D eigenvalue weighted by atomic mass is 79.9. The van der Waals surface area contributed by atoms with Crippen molar-refractivity contribution in [3.8, 4) is 0 Å². The molecule has 0 fully saturated rings. The Morgan fingerprint density at radius 1 is 0.933 bits per heavy atom. The van der Waals surface area contributed by atoms with Gasteiger partial charge in [0.25, 0.3) is 11.8 Å². The van der Waals surface area contributed by atoms with Crippen molar-refractivity contribution in [2.75, 3.05) is 5.32 Å². The molecule has 1 N–H and O–H groups in total. The molecule has 0 aromatic heterocycles. The predicted molar refractivity (Wildman–Crippen MR) is 118 cm³/mol. The number of anilines is 1. The highest BCUT2D eigenvalue weighted by molar-refractivity contribution is 9.10. The highest BCUT2D eigenvalue weighted by Crippen LogP contribution is 2.27. The number of benzene rings is 3. The average Bonchev–Trinajstić information content (AvgIpc) is 2.98. The van der Waals surface area contributed by atoms with Crippen LogP contribution >= 0.6 is 15.9 Å². The Kier molecular flexibility index (Phi) is 5.50. The van der Waals surface area contributed by atoms with Gasteiger partial charge in [-0.3, -0.25) is 19.3 Å². The number of hydrogen-bond donors (Lipinski definition) is 1. The van der Waals surface area contributed by atoms with E-state index in [1.54, 1.807) is 30.3 Å². The molecule has 150 valence electrons. The van der Waals surface area contributed by atoms with Crippen molar-refractivity contribution in [1.29, 1.82) is 0 Å². The van der Waals surface area contributed by atoms with Crippen LogP contribution in [0.1, 0.15) is 31.8 Å². The molecule has 6 heteroatoms. The Morgan fingerprint density at radius 2 is 1.57 bits per heavy atom. The van der Waals surface area contributed by atoms with Crippen molar-refractivity contribution in [2.24, 2.45) is 0 Å². The molecule has 4 rings (SSSR count). The lowest BCUT2D eigenvalue weighted by Gasteiger charge is -2.25. The molecular weight excluding hydrogens is 444 g/mol. The third kappa shape index (κ3) is 3.91. The van der Waals surface area contributed by atoms with Crippen LogP contribution in [0.3, 0.4) is 0 Å². The number of halogens is 1. The molecule has 3 amide bonds. The molecule has 0 aliphatic carbocycles. The minimum absolute atomic E-state index is 0.219. The SMILES string of the molecule is Cc1cccc(NC(=O)C(Cc2ccc(Br)cc2)N2C(=O)c3ccccc3C2=O)c1. The van der Waals surface area contributed by atoms with Crippen LogP contribution in [0.15, 0.2) is 77.3 Å². The molecule has 1 atom stereocenters. The summed E-state index contributed by atoms with van der Waals surface area (Å²) in [5, 5.41) is 2.86. The second kappa shape index (κ2) is 8.24. The van der Waals surface area contributed by atoms with E-state index in [0.717, 1.165) is 20.5 Å². The smallest absolute Gasteiger partial charge is 0.262 e. The quantitative estimate of drug-likeness (QED) is 0.563. The number of hydrogen-bond acceptors (Lipinski definition) is 3. The summed E-state index contributed by atoms with van der Waals surface area (Å²) in [4.78, 5) is 40.4. The fraction of sp³-hybridized carbons (Fsp3) is 0.125. The fourth-order valence-electron chi connectivity index (χ4n) is 3.58. The van der Waals surface area contributed by atoms with Gasteiger partial charge in [-0.25, -0.2) is 0 Å². The van der Waals surface area contributed by atoms with Crippen LogP contribution in [0.5, 0.6) is 0 Å². The van der Waals surface area contributed by atoms with Crippen LogP contribution in [0.4, 0.5) is 5.69 Å². The lowest BCUT2D eigenvalue weighted by Crippen LogP contribution is -2.48. The molecule has 1 heterocycles. The van der Waals surface area contributed by atoms with E-state index in [2.05, 4.69) is 21.2 Å². The van der Waals surface area contributed by atoms with Crippen molar-refractivity contribution in [3.63, 3.8) is 0 Å². The summed E-state index contributed by atoms with van der Waals surface area (Å²) >= 11 is 3.40. The minimum Gasteiger partial charge on any atom is -0.324 e. The summed E-state index contributed by atoms with van der Waals surface area (Å²) < 4.78 is 0.910. The lowest BCUT2D eigenvalue weighted by atomic mass is 10.0. The van der Waals surface area contributed by atoms with Gasteiger partial charge in [-0.1, -0.05) is 52.3 Å². The number of carbonyl (C=O) groups excluding carboxylic acids is 3. The van der Waals surface area contributed by atoms with Gasteiger partial charge in [0.05, 0.1) is 11.1 Å². The number of imide groups is 1. The van der Waals surface area contributed by atoms with Gasteiger partial charge in [-0.15, -0.1) is 0 Å². The zero-order chi connectivity index (χ0) is 21.3. The number of fused-ring (bicyclic) bond motifs is 1. The minimum atomic E-state index is -0.973. The van der Waals surface area contributed by atoms with Gasteiger partial charge in [0.2, 0.25) is 5.91 Å². The standard InChI is InChI=1S/C24H19BrN2O3/c1-15-5-4-6-18(13-15)26-22(28)21(14-16-9-11-17(25)12-10-16)27-23(29)19-7-2-3-8-20(19)24(27)30/h2-13,21H,14H2,1H3,(H,26,28). The van der Waals surface area contributed by atoms with Gasteiger partial charge in [-0.05, 0) is 54.4 Å².